The second kappa shape index (κ2) is 11.1. The minimum atomic E-state index is -0.665. The molecule has 188 valence electrons. The molecule has 1 fully saturated rings. The predicted octanol–water partition coefficient (Wildman–Crippen LogP) is 0.609. The molecule has 4 heterocycles. The maximum atomic E-state index is 12.4. The number of nitrogens with one attached hydrogen (secondary N) is 1. The summed E-state index contributed by atoms with van der Waals surface area (Å²) in [6.45, 7) is 2.78. The van der Waals surface area contributed by atoms with Crippen LogP contribution in [-0.2, 0) is 13.1 Å². The summed E-state index contributed by atoms with van der Waals surface area (Å²) < 4.78 is 1.69. The summed E-state index contributed by atoms with van der Waals surface area (Å²) in [5.41, 5.74) is 19.0. The van der Waals surface area contributed by atoms with Gasteiger partial charge in [0.05, 0.1) is 12.6 Å². The molecular formula is C23H27ClN10O2. The molecule has 13 heteroatoms. The third-order valence-corrected chi connectivity index (χ3v) is 6.05. The maximum Gasteiger partial charge on any atom is 0.280 e. The molecule has 3 aromatic rings. The van der Waals surface area contributed by atoms with Crippen LogP contribution in [0.25, 0.3) is 0 Å². The van der Waals surface area contributed by atoms with Gasteiger partial charge >= 0.3 is 0 Å². The van der Waals surface area contributed by atoms with Crippen molar-refractivity contribution in [2.24, 2.45) is 10.7 Å². The molecular weight excluding hydrogens is 484 g/mol. The number of carbonyl (C=O) groups excluding carboxylic acids is 1. The van der Waals surface area contributed by atoms with E-state index >= 15 is 0 Å². The van der Waals surface area contributed by atoms with Crippen LogP contribution in [0, 0.1) is 0 Å². The Balaban J connectivity index is 1.31. The van der Waals surface area contributed by atoms with Crippen molar-refractivity contribution in [3.63, 3.8) is 0 Å². The molecule has 0 unspecified atom stereocenters. The second-order valence-corrected chi connectivity index (χ2v) is 8.83. The molecule has 1 amide bonds. The normalized spacial score (nSPS) is 15.1. The number of nitrogens with two attached hydrogens (primary N) is 3. The van der Waals surface area contributed by atoms with Crippen LogP contribution in [0.4, 0.5) is 11.6 Å². The predicted molar refractivity (Wildman–Crippen MR) is 137 cm³/mol. The number of aromatic nitrogens is 4. The number of pyridine rings is 2. The number of amides is 1. The van der Waals surface area contributed by atoms with Crippen molar-refractivity contribution in [2.45, 2.75) is 32.0 Å². The molecule has 4 rings (SSSR count). The number of guanidine groups is 1. The Morgan fingerprint density at radius 3 is 2.61 bits per heavy atom. The summed E-state index contributed by atoms with van der Waals surface area (Å²) in [5, 5.41) is 2.35. The van der Waals surface area contributed by atoms with Crippen LogP contribution < -0.4 is 28.1 Å². The molecule has 1 aliphatic heterocycles. The molecule has 0 saturated carbocycles. The molecule has 0 aromatic carbocycles. The molecule has 0 spiro atoms. The number of likely N-dealkylation sites (tertiary alicyclic amines) is 1. The number of anilines is 2. The van der Waals surface area contributed by atoms with Crippen LogP contribution >= 0.6 is 11.6 Å². The van der Waals surface area contributed by atoms with E-state index in [1.54, 1.807) is 23.0 Å². The summed E-state index contributed by atoms with van der Waals surface area (Å²) >= 11 is 5.83. The Labute approximate surface area is 212 Å². The standard InChI is InChI=1S/C23H27ClN10O2/c24-19-21(26)31-20(25)18(30-19)22(36)32-23(27)29-16-5-8-33(9-6-16)11-15-3-4-17(35)34(13-15)12-14-2-1-7-28-10-14/h1-4,7,10,13,16H,5-6,8-9,11-12H2,(H4,25,26,31)(H3,27,29,32,36). The monoisotopic (exact) mass is 510 g/mol. The van der Waals surface area contributed by atoms with Gasteiger partial charge in [-0.05, 0) is 30.0 Å². The zero-order valence-corrected chi connectivity index (χ0v) is 20.2. The van der Waals surface area contributed by atoms with Crippen molar-refractivity contribution >= 4 is 35.1 Å². The number of rotatable bonds is 6. The number of aliphatic imine (C=N–C) groups is 1. The third-order valence-electron chi connectivity index (χ3n) is 5.77. The smallest absolute Gasteiger partial charge is 0.280 e. The van der Waals surface area contributed by atoms with Crippen LogP contribution in [0.5, 0.6) is 0 Å². The highest BCUT2D eigenvalue weighted by molar-refractivity contribution is 6.31. The average molecular weight is 511 g/mol. The van der Waals surface area contributed by atoms with Crippen LogP contribution in [0.1, 0.15) is 34.5 Å². The fraction of sp³-hybridized carbons (Fsp3) is 0.304. The number of hydrogen-bond donors (Lipinski definition) is 4. The van der Waals surface area contributed by atoms with Crippen LogP contribution in [-0.4, -0.2) is 55.4 Å². The highest BCUT2D eigenvalue weighted by Crippen LogP contribution is 2.18. The van der Waals surface area contributed by atoms with Gasteiger partial charge < -0.3 is 21.8 Å². The van der Waals surface area contributed by atoms with Gasteiger partial charge in [0, 0.05) is 44.3 Å². The molecule has 0 bridgehead atoms. The summed E-state index contributed by atoms with van der Waals surface area (Å²) in [6.07, 6.45) is 6.89. The van der Waals surface area contributed by atoms with Gasteiger partial charge in [0.2, 0.25) is 0 Å². The SMILES string of the molecule is NC(=NC1CCN(Cc2ccc(=O)n(Cc3cccnc3)c2)CC1)NC(=O)c1nc(Cl)c(N)nc1N. The zero-order valence-electron chi connectivity index (χ0n) is 19.5. The Morgan fingerprint density at radius 2 is 1.89 bits per heavy atom. The van der Waals surface area contributed by atoms with Gasteiger partial charge in [0.1, 0.15) is 0 Å². The van der Waals surface area contributed by atoms with E-state index in [0.717, 1.165) is 37.1 Å². The number of nitrogen functional groups attached to an aromatic ring is 2. The van der Waals surface area contributed by atoms with E-state index in [4.69, 9.17) is 28.8 Å². The number of hydrogen-bond acceptors (Lipinski definition) is 9. The van der Waals surface area contributed by atoms with Crippen molar-refractivity contribution in [3.8, 4) is 0 Å². The van der Waals surface area contributed by atoms with Crippen molar-refractivity contribution in [3.05, 3.63) is 75.2 Å². The zero-order chi connectivity index (χ0) is 25.7. The lowest BCUT2D eigenvalue weighted by atomic mass is 10.1. The Kier molecular flexibility index (Phi) is 7.76. The fourth-order valence-electron chi connectivity index (χ4n) is 3.96. The second-order valence-electron chi connectivity index (χ2n) is 8.47. The van der Waals surface area contributed by atoms with Crippen LogP contribution in [0.3, 0.4) is 0 Å². The van der Waals surface area contributed by atoms with Crippen LogP contribution in [0.2, 0.25) is 5.15 Å². The minimum absolute atomic E-state index is 0.0323. The minimum Gasteiger partial charge on any atom is -0.382 e. The van der Waals surface area contributed by atoms with E-state index in [2.05, 4.69) is 30.2 Å². The topological polar surface area (TPSA) is 183 Å². The van der Waals surface area contributed by atoms with Crippen molar-refractivity contribution in [2.75, 3.05) is 24.6 Å². The van der Waals surface area contributed by atoms with E-state index in [0.29, 0.717) is 13.1 Å². The summed E-state index contributed by atoms with van der Waals surface area (Å²) in [4.78, 5) is 43.2. The summed E-state index contributed by atoms with van der Waals surface area (Å²) in [5.74, 6) is -0.911. The lowest BCUT2D eigenvalue weighted by Gasteiger charge is -2.30. The number of nitrogens with zero attached hydrogens (tertiary/aromatic N) is 6. The first-order chi connectivity index (χ1) is 17.3. The summed E-state index contributed by atoms with van der Waals surface area (Å²) in [7, 11) is 0. The largest absolute Gasteiger partial charge is 0.382 e. The maximum absolute atomic E-state index is 12.4. The first-order valence-corrected chi connectivity index (χ1v) is 11.7. The van der Waals surface area contributed by atoms with Gasteiger partial charge in [0.15, 0.2) is 28.4 Å². The van der Waals surface area contributed by atoms with Gasteiger partial charge in [0.25, 0.3) is 11.5 Å². The van der Waals surface area contributed by atoms with Crippen molar-refractivity contribution < 1.29 is 4.79 Å². The van der Waals surface area contributed by atoms with E-state index in [9.17, 15) is 9.59 Å². The van der Waals surface area contributed by atoms with Gasteiger partial charge in [-0.25, -0.2) is 15.0 Å². The van der Waals surface area contributed by atoms with Gasteiger partial charge in [-0.2, -0.15) is 0 Å². The molecule has 0 atom stereocenters. The molecule has 1 saturated heterocycles. The van der Waals surface area contributed by atoms with Gasteiger partial charge in [-0.3, -0.25) is 24.8 Å². The Bertz CT molecular complexity index is 1320. The molecule has 0 radical (unpaired) electrons. The fourth-order valence-corrected chi connectivity index (χ4v) is 4.09. The van der Waals surface area contributed by atoms with Crippen molar-refractivity contribution in [1.29, 1.82) is 0 Å². The van der Waals surface area contributed by atoms with E-state index in [-0.39, 0.29) is 40.0 Å². The summed E-state index contributed by atoms with van der Waals surface area (Å²) in [6, 6.07) is 7.21. The van der Waals surface area contributed by atoms with Gasteiger partial charge in [-0.1, -0.05) is 23.7 Å². The Morgan fingerprint density at radius 1 is 1.11 bits per heavy atom. The molecule has 1 aliphatic rings. The molecule has 36 heavy (non-hydrogen) atoms. The molecule has 0 aliphatic carbocycles. The number of carbonyl (C=O) groups is 1. The molecule has 3 aromatic heterocycles. The Hall–Kier alpha value is -4.03. The third kappa shape index (κ3) is 6.34. The lowest BCUT2D eigenvalue weighted by molar-refractivity contribution is 0.0972. The number of piperidine rings is 1. The quantitative estimate of drug-likeness (QED) is 0.272. The lowest BCUT2D eigenvalue weighted by Crippen LogP contribution is -2.41. The number of halogens is 1. The van der Waals surface area contributed by atoms with Crippen molar-refractivity contribution in [1.82, 2.24) is 29.7 Å². The van der Waals surface area contributed by atoms with Crippen LogP contribution in [0.15, 0.2) is 52.6 Å². The first-order valence-electron chi connectivity index (χ1n) is 11.3. The highest BCUT2D eigenvalue weighted by atomic mass is 35.5. The molecule has 7 N–H and O–H groups in total. The average Bonchev–Trinajstić information content (AvgIpc) is 2.85. The van der Waals surface area contributed by atoms with E-state index in [1.165, 1.54) is 0 Å². The highest BCUT2D eigenvalue weighted by Gasteiger charge is 2.21. The molecule has 12 nitrogen and oxygen atoms in total. The van der Waals surface area contributed by atoms with E-state index < -0.39 is 5.91 Å². The van der Waals surface area contributed by atoms with E-state index in [1.807, 2.05) is 24.4 Å². The first kappa shape index (κ1) is 25.1. The van der Waals surface area contributed by atoms with Gasteiger partial charge in [-0.15, -0.1) is 0 Å².